The van der Waals surface area contributed by atoms with Crippen molar-refractivity contribution in [2.75, 3.05) is 26.2 Å². The lowest BCUT2D eigenvalue weighted by atomic mass is 9.72. The van der Waals surface area contributed by atoms with Crippen LogP contribution in [0.4, 0.5) is 13.2 Å². The Hall–Kier alpha value is -0.290. The molecule has 3 aliphatic heterocycles. The van der Waals surface area contributed by atoms with Gasteiger partial charge in [-0.15, -0.1) is 0 Å². The number of alkyl halides is 3. The summed E-state index contributed by atoms with van der Waals surface area (Å²) in [6.07, 6.45) is -2.04. The number of rotatable bonds is 3. The third-order valence-electron chi connectivity index (χ3n) is 3.95. The quantitative estimate of drug-likeness (QED) is 0.806. The van der Waals surface area contributed by atoms with Crippen molar-refractivity contribution in [2.45, 2.75) is 37.9 Å². The van der Waals surface area contributed by atoms with E-state index < -0.39 is 11.7 Å². The van der Waals surface area contributed by atoms with Crippen molar-refractivity contribution in [1.82, 2.24) is 10.2 Å². The number of piperidine rings is 3. The van der Waals surface area contributed by atoms with E-state index in [0.29, 0.717) is 19.4 Å². The second kappa shape index (κ2) is 4.18. The molecule has 0 saturated carbocycles. The van der Waals surface area contributed by atoms with Crippen LogP contribution in [-0.4, -0.2) is 42.8 Å². The zero-order valence-corrected chi connectivity index (χ0v) is 9.61. The molecule has 1 unspecified atom stereocenters. The lowest BCUT2D eigenvalue weighted by Crippen LogP contribution is -2.72. The Morgan fingerprint density at radius 2 is 1.94 bits per heavy atom. The number of nitrogens with zero attached hydrogens (tertiary/aromatic N) is 1. The first kappa shape index (κ1) is 12.2. The Morgan fingerprint density at radius 3 is 2.31 bits per heavy atom. The van der Waals surface area contributed by atoms with Gasteiger partial charge in [0.05, 0.1) is 0 Å². The molecular weight excluding hydrogens is 217 g/mol. The van der Waals surface area contributed by atoms with Crippen LogP contribution in [-0.2, 0) is 0 Å². The standard InChI is InChI=1S/C11H19F3N2/c1-2-5-15-10(11(12,13)14)8-16-6-3-9(10)4-7-16/h9,15H,2-8H2,1H3. The highest BCUT2D eigenvalue weighted by Gasteiger charge is 2.62. The minimum Gasteiger partial charge on any atom is -0.302 e. The highest BCUT2D eigenvalue weighted by Crippen LogP contribution is 2.45. The molecule has 3 heterocycles. The fourth-order valence-electron chi connectivity index (χ4n) is 3.04. The van der Waals surface area contributed by atoms with Gasteiger partial charge in [-0.05, 0) is 44.8 Å². The fraction of sp³-hybridized carbons (Fsp3) is 1.00. The Bertz CT molecular complexity index is 246. The summed E-state index contributed by atoms with van der Waals surface area (Å²) in [5.41, 5.74) is -1.64. The van der Waals surface area contributed by atoms with E-state index in [4.69, 9.17) is 0 Å². The fourth-order valence-corrected chi connectivity index (χ4v) is 3.04. The Balaban J connectivity index is 2.20. The number of fused-ring (bicyclic) bond motifs is 3. The summed E-state index contributed by atoms with van der Waals surface area (Å²) in [5.74, 6) is -0.232. The molecule has 0 amide bonds. The van der Waals surface area contributed by atoms with Crippen LogP contribution in [0.25, 0.3) is 0 Å². The van der Waals surface area contributed by atoms with Crippen molar-refractivity contribution < 1.29 is 13.2 Å². The monoisotopic (exact) mass is 236 g/mol. The van der Waals surface area contributed by atoms with E-state index in [-0.39, 0.29) is 12.5 Å². The maximum absolute atomic E-state index is 13.3. The van der Waals surface area contributed by atoms with Gasteiger partial charge in [-0.2, -0.15) is 13.2 Å². The molecule has 94 valence electrons. The van der Waals surface area contributed by atoms with E-state index in [9.17, 15) is 13.2 Å². The Morgan fingerprint density at radius 1 is 1.31 bits per heavy atom. The molecule has 0 aliphatic carbocycles. The van der Waals surface area contributed by atoms with Gasteiger partial charge in [-0.3, -0.25) is 0 Å². The topological polar surface area (TPSA) is 15.3 Å². The molecule has 0 aromatic heterocycles. The molecule has 0 aromatic carbocycles. The van der Waals surface area contributed by atoms with E-state index in [1.165, 1.54) is 0 Å². The molecule has 1 atom stereocenters. The number of nitrogens with one attached hydrogen (secondary N) is 1. The van der Waals surface area contributed by atoms with Gasteiger partial charge in [0.25, 0.3) is 0 Å². The summed E-state index contributed by atoms with van der Waals surface area (Å²) >= 11 is 0. The number of hydrogen-bond acceptors (Lipinski definition) is 2. The van der Waals surface area contributed by atoms with Crippen molar-refractivity contribution in [2.24, 2.45) is 5.92 Å². The minimum absolute atomic E-state index is 0.140. The summed E-state index contributed by atoms with van der Waals surface area (Å²) in [4.78, 5) is 1.94. The van der Waals surface area contributed by atoms with Crippen LogP contribution in [0, 0.1) is 5.92 Å². The predicted molar refractivity (Wildman–Crippen MR) is 56.2 cm³/mol. The molecule has 2 bridgehead atoms. The maximum atomic E-state index is 13.3. The predicted octanol–water partition coefficient (Wildman–Crippen LogP) is 2.01. The van der Waals surface area contributed by atoms with E-state index in [2.05, 4.69) is 5.32 Å². The molecule has 2 nitrogen and oxygen atoms in total. The van der Waals surface area contributed by atoms with Gasteiger partial charge in [0.1, 0.15) is 5.54 Å². The van der Waals surface area contributed by atoms with Crippen molar-refractivity contribution >= 4 is 0 Å². The normalized spacial score (nSPS) is 39.0. The molecule has 1 N–H and O–H groups in total. The van der Waals surface area contributed by atoms with Gasteiger partial charge in [-0.25, -0.2) is 0 Å². The van der Waals surface area contributed by atoms with Gasteiger partial charge in [0.2, 0.25) is 0 Å². The van der Waals surface area contributed by atoms with Crippen molar-refractivity contribution in [1.29, 1.82) is 0 Å². The van der Waals surface area contributed by atoms with E-state index in [1.807, 2.05) is 11.8 Å². The average molecular weight is 236 g/mol. The van der Waals surface area contributed by atoms with Gasteiger partial charge in [0, 0.05) is 6.54 Å². The molecule has 0 spiro atoms. The van der Waals surface area contributed by atoms with E-state index in [0.717, 1.165) is 19.5 Å². The largest absolute Gasteiger partial charge is 0.408 e. The summed E-state index contributed by atoms with van der Waals surface area (Å²) < 4.78 is 39.9. The second-order valence-corrected chi connectivity index (χ2v) is 4.95. The van der Waals surface area contributed by atoms with Crippen molar-refractivity contribution in [3.05, 3.63) is 0 Å². The zero-order valence-electron chi connectivity index (χ0n) is 9.61. The van der Waals surface area contributed by atoms with Crippen molar-refractivity contribution in [3.63, 3.8) is 0 Å². The highest BCUT2D eigenvalue weighted by atomic mass is 19.4. The molecule has 5 heteroatoms. The SMILES string of the molecule is CCCNC1(C(F)(F)F)CN2CCC1CC2. The van der Waals surface area contributed by atoms with Crippen LogP contribution in [0.1, 0.15) is 26.2 Å². The van der Waals surface area contributed by atoms with Gasteiger partial charge < -0.3 is 10.2 Å². The molecule has 0 radical (unpaired) electrons. The first-order chi connectivity index (χ1) is 7.49. The third-order valence-corrected chi connectivity index (χ3v) is 3.95. The zero-order chi connectivity index (χ0) is 11.8. The molecule has 16 heavy (non-hydrogen) atoms. The molecule has 0 aromatic rings. The second-order valence-electron chi connectivity index (χ2n) is 4.95. The third kappa shape index (κ3) is 1.84. The summed E-state index contributed by atoms with van der Waals surface area (Å²) in [6, 6.07) is 0. The summed E-state index contributed by atoms with van der Waals surface area (Å²) in [7, 11) is 0. The van der Waals surface area contributed by atoms with Gasteiger partial charge in [0.15, 0.2) is 0 Å². The molecule has 3 rings (SSSR count). The molecule has 3 fully saturated rings. The van der Waals surface area contributed by atoms with Crippen LogP contribution in [0.5, 0.6) is 0 Å². The molecule has 3 saturated heterocycles. The lowest BCUT2D eigenvalue weighted by molar-refractivity contribution is -0.237. The van der Waals surface area contributed by atoms with Gasteiger partial charge in [-0.1, -0.05) is 6.92 Å². The summed E-state index contributed by atoms with van der Waals surface area (Å²) in [6.45, 7) is 4.15. The Labute approximate surface area is 94.2 Å². The van der Waals surface area contributed by atoms with Crippen LogP contribution in [0.3, 0.4) is 0 Å². The van der Waals surface area contributed by atoms with Crippen LogP contribution in [0.15, 0.2) is 0 Å². The number of halogens is 3. The summed E-state index contributed by atoms with van der Waals surface area (Å²) in [5, 5.41) is 2.79. The molecule has 3 aliphatic rings. The first-order valence-electron chi connectivity index (χ1n) is 6.04. The van der Waals surface area contributed by atoms with Crippen LogP contribution in [0.2, 0.25) is 0 Å². The van der Waals surface area contributed by atoms with Crippen LogP contribution < -0.4 is 5.32 Å². The smallest absolute Gasteiger partial charge is 0.302 e. The lowest BCUT2D eigenvalue weighted by Gasteiger charge is -2.54. The van der Waals surface area contributed by atoms with Gasteiger partial charge >= 0.3 is 6.18 Å². The number of hydrogen-bond donors (Lipinski definition) is 1. The van der Waals surface area contributed by atoms with E-state index >= 15 is 0 Å². The minimum atomic E-state index is -4.13. The highest BCUT2D eigenvalue weighted by molar-refractivity contribution is 5.08. The Kier molecular flexibility index (Phi) is 3.18. The molecular formula is C11H19F3N2. The van der Waals surface area contributed by atoms with E-state index in [1.54, 1.807) is 0 Å². The maximum Gasteiger partial charge on any atom is 0.408 e. The average Bonchev–Trinajstić information content (AvgIpc) is 2.26. The van der Waals surface area contributed by atoms with Crippen LogP contribution >= 0.6 is 0 Å². The first-order valence-corrected chi connectivity index (χ1v) is 6.04. The van der Waals surface area contributed by atoms with Crippen molar-refractivity contribution in [3.8, 4) is 0 Å².